The number of nitrogens with two attached hydrogens (primary N) is 1. The van der Waals surface area contributed by atoms with E-state index in [9.17, 15) is 4.39 Å². The average Bonchev–Trinajstić information content (AvgIpc) is 2.91. The van der Waals surface area contributed by atoms with Crippen LogP contribution in [0.2, 0.25) is 0 Å². The lowest BCUT2D eigenvalue weighted by atomic mass is 10.1. The van der Waals surface area contributed by atoms with Crippen molar-refractivity contribution in [3.05, 3.63) is 53.0 Å². The number of amidine groups is 1. The van der Waals surface area contributed by atoms with E-state index in [-0.39, 0.29) is 11.9 Å². The molecule has 0 aliphatic rings. The molecular weight excluding hydrogens is 275 g/mol. The van der Waals surface area contributed by atoms with E-state index in [4.69, 9.17) is 15.4 Å². The monoisotopic (exact) mass is 292 g/mol. The maximum absolute atomic E-state index is 13.3. The third kappa shape index (κ3) is 3.57. The Balaban J connectivity index is 2.13. The van der Waals surface area contributed by atoms with Gasteiger partial charge in [0, 0.05) is 12.1 Å². The van der Waals surface area contributed by atoms with E-state index in [2.05, 4.69) is 15.5 Å². The summed E-state index contributed by atoms with van der Waals surface area (Å²) < 4.78 is 18.7. The molecule has 1 aromatic heterocycles. The van der Waals surface area contributed by atoms with E-state index >= 15 is 0 Å². The molecule has 2 aromatic rings. The van der Waals surface area contributed by atoms with Crippen molar-refractivity contribution >= 4 is 5.84 Å². The Bertz CT molecular complexity index is 654. The summed E-state index contributed by atoms with van der Waals surface area (Å²) in [5, 5.41) is 14.9. The minimum atomic E-state index is -0.447. The highest BCUT2D eigenvalue weighted by Gasteiger charge is 2.13. The molecular formula is C14H17FN4O2. The van der Waals surface area contributed by atoms with Gasteiger partial charge < -0.3 is 20.7 Å². The molecule has 21 heavy (non-hydrogen) atoms. The second-order valence-electron chi connectivity index (χ2n) is 4.70. The van der Waals surface area contributed by atoms with Crippen molar-refractivity contribution in [3.63, 3.8) is 0 Å². The number of hydrogen-bond acceptors (Lipinski definition) is 5. The van der Waals surface area contributed by atoms with Gasteiger partial charge in [0.05, 0.1) is 12.2 Å². The van der Waals surface area contributed by atoms with Gasteiger partial charge in [0.2, 0.25) is 5.89 Å². The van der Waals surface area contributed by atoms with E-state index in [0.717, 1.165) is 5.76 Å². The Morgan fingerprint density at radius 1 is 1.57 bits per heavy atom. The van der Waals surface area contributed by atoms with Gasteiger partial charge in [-0.3, -0.25) is 0 Å². The second-order valence-corrected chi connectivity index (χ2v) is 4.70. The highest BCUT2D eigenvalue weighted by atomic mass is 19.1. The molecule has 0 amide bonds. The molecule has 4 N–H and O–H groups in total. The van der Waals surface area contributed by atoms with E-state index in [0.29, 0.717) is 23.6 Å². The Morgan fingerprint density at radius 2 is 2.33 bits per heavy atom. The molecule has 0 aliphatic carbocycles. The van der Waals surface area contributed by atoms with Gasteiger partial charge in [0.25, 0.3) is 0 Å². The van der Waals surface area contributed by atoms with Crippen molar-refractivity contribution in [2.24, 2.45) is 10.9 Å². The lowest BCUT2D eigenvalue weighted by molar-refractivity contribution is 0.318. The van der Waals surface area contributed by atoms with Crippen molar-refractivity contribution in [2.75, 3.05) is 0 Å². The first-order valence-electron chi connectivity index (χ1n) is 6.43. The van der Waals surface area contributed by atoms with Crippen molar-refractivity contribution in [1.82, 2.24) is 10.3 Å². The number of aromatic nitrogens is 1. The number of halogens is 1. The highest BCUT2D eigenvalue weighted by Crippen LogP contribution is 2.15. The molecule has 6 nitrogen and oxygen atoms in total. The Hall–Kier alpha value is -2.41. The maximum Gasteiger partial charge on any atom is 0.211 e. The number of nitrogens with zero attached hydrogens (tertiary/aromatic N) is 2. The third-order valence-corrected chi connectivity index (χ3v) is 3.06. The van der Waals surface area contributed by atoms with Crippen molar-refractivity contribution in [3.8, 4) is 0 Å². The number of benzene rings is 1. The third-order valence-electron chi connectivity index (χ3n) is 3.06. The van der Waals surface area contributed by atoms with Crippen LogP contribution in [-0.2, 0) is 6.54 Å². The summed E-state index contributed by atoms with van der Waals surface area (Å²) in [6.45, 7) is 4.12. The molecule has 0 radical (unpaired) electrons. The zero-order valence-corrected chi connectivity index (χ0v) is 11.8. The van der Waals surface area contributed by atoms with Crippen LogP contribution in [0, 0.1) is 12.7 Å². The van der Waals surface area contributed by atoms with Crippen LogP contribution in [0.5, 0.6) is 0 Å². The van der Waals surface area contributed by atoms with Gasteiger partial charge in [-0.1, -0.05) is 11.2 Å². The summed E-state index contributed by atoms with van der Waals surface area (Å²) >= 11 is 0. The van der Waals surface area contributed by atoms with Crippen LogP contribution in [0.3, 0.4) is 0 Å². The summed E-state index contributed by atoms with van der Waals surface area (Å²) in [6.07, 6.45) is 1.65. The first-order valence-corrected chi connectivity index (χ1v) is 6.43. The fourth-order valence-corrected chi connectivity index (χ4v) is 1.92. The topological polar surface area (TPSA) is 96.7 Å². The lowest BCUT2D eigenvalue weighted by Gasteiger charge is -2.13. The van der Waals surface area contributed by atoms with Gasteiger partial charge in [-0.25, -0.2) is 9.37 Å². The normalized spacial score (nSPS) is 13.4. The fraction of sp³-hybridized carbons (Fsp3) is 0.286. The predicted molar refractivity (Wildman–Crippen MR) is 75.4 cm³/mol. The first-order chi connectivity index (χ1) is 10.0. The molecule has 0 spiro atoms. The fourth-order valence-electron chi connectivity index (χ4n) is 1.92. The molecule has 1 heterocycles. The first kappa shape index (κ1) is 15.0. The van der Waals surface area contributed by atoms with Crippen molar-refractivity contribution in [2.45, 2.75) is 26.4 Å². The summed E-state index contributed by atoms with van der Waals surface area (Å²) in [6, 6.07) is 4.02. The minimum Gasteiger partial charge on any atom is -0.444 e. The van der Waals surface area contributed by atoms with Crippen LogP contribution in [-0.4, -0.2) is 16.0 Å². The second kappa shape index (κ2) is 6.36. The molecule has 0 bridgehead atoms. The van der Waals surface area contributed by atoms with E-state index in [1.165, 1.54) is 12.1 Å². The molecule has 0 fully saturated rings. The van der Waals surface area contributed by atoms with Gasteiger partial charge in [0.1, 0.15) is 11.6 Å². The van der Waals surface area contributed by atoms with Crippen molar-refractivity contribution in [1.29, 1.82) is 0 Å². The standard InChI is InChI=1S/C14H17FN4O2/c1-8-6-18-14(21-8)9(2)17-7-10-3-4-11(15)5-12(10)13(16)19-20/h3-6,9,17,20H,7H2,1-2H3,(H2,16,19). The average molecular weight is 292 g/mol. The molecule has 2 rings (SSSR count). The van der Waals surface area contributed by atoms with E-state index < -0.39 is 5.82 Å². The number of nitrogens with one attached hydrogen (secondary N) is 1. The quantitative estimate of drug-likeness (QED) is 0.339. The number of hydrogen-bond donors (Lipinski definition) is 3. The van der Waals surface area contributed by atoms with Crippen LogP contribution in [0.1, 0.15) is 35.7 Å². The number of rotatable bonds is 5. The lowest BCUT2D eigenvalue weighted by Crippen LogP contribution is -2.22. The Kier molecular flexibility index (Phi) is 4.54. The van der Waals surface area contributed by atoms with Crippen LogP contribution < -0.4 is 11.1 Å². The van der Waals surface area contributed by atoms with Crippen LogP contribution in [0.25, 0.3) is 0 Å². The largest absolute Gasteiger partial charge is 0.444 e. The SMILES string of the molecule is Cc1cnc(C(C)NCc2ccc(F)cc2/C(N)=N/O)o1. The molecule has 1 atom stereocenters. The van der Waals surface area contributed by atoms with Crippen LogP contribution >= 0.6 is 0 Å². The highest BCUT2D eigenvalue weighted by molar-refractivity contribution is 5.98. The number of oxazole rings is 1. The van der Waals surface area contributed by atoms with Gasteiger partial charge in [-0.15, -0.1) is 0 Å². The molecule has 112 valence electrons. The van der Waals surface area contributed by atoms with E-state index in [1.54, 1.807) is 12.3 Å². The zero-order chi connectivity index (χ0) is 15.4. The molecule has 0 saturated carbocycles. The van der Waals surface area contributed by atoms with Crippen molar-refractivity contribution < 1.29 is 14.0 Å². The minimum absolute atomic E-state index is 0.121. The predicted octanol–water partition coefficient (Wildman–Crippen LogP) is 2.07. The molecule has 7 heteroatoms. The maximum atomic E-state index is 13.3. The number of oxime groups is 1. The van der Waals surface area contributed by atoms with Crippen LogP contribution in [0.4, 0.5) is 4.39 Å². The summed E-state index contributed by atoms with van der Waals surface area (Å²) in [4.78, 5) is 4.14. The molecule has 1 aromatic carbocycles. The Morgan fingerprint density at radius 3 is 2.95 bits per heavy atom. The summed E-state index contributed by atoms with van der Waals surface area (Å²) in [5.74, 6) is 0.723. The number of aryl methyl sites for hydroxylation is 1. The molecule has 0 saturated heterocycles. The van der Waals surface area contributed by atoms with Gasteiger partial charge in [-0.2, -0.15) is 0 Å². The zero-order valence-electron chi connectivity index (χ0n) is 11.8. The van der Waals surface area contributed by atoms with Gasteiger partial charge in [-0.05, 0) is 31.5 Å². The molecule has 1 unspecified atom stereocenters. The van der Waals surface area contributed by atoms with Crippen LogP contribution in [0.15, 0.2) is 34.0 Å². The summed E-state index contributed by atoms with van der Waals surface area (Å²) in [5.41, 5.74) is 6.62. The Labute approximate surface area is 121 Å². The van der Waals surface area contributed by atoms with Gasteiger partial charge >= 0.3 is 0 Å². The van der Waals surface area contributed by atoms with Gasteiger partial charge in [0.15, 0.2) is 5.84 Å². The smallest absolute Gasteiger partial charge is 0.211 e. The van der Waals surface area contributed by atoms with E-state index in [1.807, 2.05) is 13.8 Å². The summed E-state index contributed by atoms with van der Waals surface area (Å²) in [7, 11) is 0. The molecule has 0 aliphatic heterocycles.